The first-order chi connectivity index (χ1) is 8.22. The van der Waals surface area contributed by atoms with E-state index in [0.717, 1.165) is 24.7 Å². The number of methoxy groups -OCH3 is 2. The molecule has 1 aliphatic heterocycles. The third kappa shape index (κ3) is 1.97. The van der Waals surface area contributed by atoms with E-state index in [0.29, 0.717) is 19.0 Å². The summed E-state index contributed by atoms with van der Waals surface area (Å²) in [5.74, 6) is 2.34. The first-order valence-electron chi connectivity index (χ1n) is 6.57. The van der Waals surface area contributed by atoms with Crippen molar-refractivity contribution in [2.75, 3.05) is 27.3 Å². The number of hydrogen-bond acceptors (Lipinski definition) is 3. The van der Waals surface area contributed by atoms with Gasteiger partial charge in [0.25, 0.3) is 0 Å². The van der Waals surface area contributed by atoms with E-state index in [-0.39, 0.29) is 18.1 Å². The highest BCUT2D eigenvalue weighted by molar-refractivity contribution is 5.79. The number of carbonyl (C=O) groups excluding carboxylic acids is 1. The Bertz CT molecular complexity index is 298. The molecule has 3 fully saturated rings. The van der Waals surface area contributed by atoms with Gasteiger partial charge in [-0.1, -0.05) is 0 Å². The number of rotatable bonds is 3. The number of fused-ring (bicyclic) bond motifs is 1. The Morgan fingerprint density at radius 3 is 2.00 bits per heavy atom. The molecule has 4 heteroatoms. The van der Waals surface area contributed by atoms with Crippen molar-refractivity contribution in [2.45, 2.75) is 31.5 Å². The van der Waals surface area contributed by atoms with E-state index in [9.17, 15) is 4.79 Å². The molecule has 0 aromatic carbocycles. The lowest BCUT2D eigenvalue weighted by Crippen LogP contribution is -2.35. The third-order valence-corrected chi connectivity index (χ3v) is 4.73. The maximum absolute atomic E-state index is 12.4. The summed E-state index contributed by atoms with van der Waals surface area (Å²) in [6.07, 6.45) is 3.69. The second kappa shape index (κ2) is 4.25. The van der Waals surface area contributed by atoms with Gasteiger partial charge < -0.3 is 14.4 Å². The lowest BCUT2D eigenvalue weighted by molar-refractivity contribution is -0.135. The van der Waals surface area contributed by atoms with Gasteiger partial charge in [0.2, 0.25) is 5.91 Å². The normalized spacial score (nSPS) is 43.9. The molecule has 2 aliphatic carbocycles. The lowest BCUT2D eigenvalue weighted by atomic mass is 10.0. The fraction of sp³-hybridized carbons (Fsp3) is 0.923. The van der Waals surface area contributed by atoms with Crippen LogP contribution in [0.5, 0.6) is 0 Å². The van der Waals surface area contributed by atoms with Crippen LogP contribution in [-0.4, -0.2) is 50.3 Å². The fourth-order valence-electron chi connectivity index (χ4n) is 3.55. The van der Waals surface area contributed by atoms with Crippen LogP contribution in [0.4, 0.5) is 0 Å². The van der Waals surface area contributed by atoms with E-state index in [2.05, 4.69) is 0 Å². The monoisotopic (exact) mass is 239 g/mol. The summed E-state index contributed by atoms with van der Waals surface area (Å²) in [7, 11) is 3.38. The second-order valence-corrected chi connectivity index (χ2v) is 5.72. The fourth-order valence-corrected chi connectivity index (χ4v) is 3.55. The van der Waals surface area contributed by atoms with Gasteiger partial charge in [0.15, 0.2) is 0 Å². The highest BCUT2D eigenvalue weighted by atomic mass is 16.5. The Labute approximate surface area is 102 Å². The molecule has 0 aromatic heterocycles. The van der Waals surface area contributed by atoms with Gasteiger partial charge in [-0.05, 0) is 31.1 Å². The topological polar surface area (TPSA) is 38.8 Å². The zero-order valence-corrected chi connectivity index (χ0v) is 10.6. The Kier molecular flexibility index (Phi) is 2.87. The maximum Gasteiger partial charge on any atom is 0.225 e. The van der Waals surface area contributed by atoms with Gasteiger partial charge >= 0.3 is 0 Å². The van der Waals surface area contributed by atoms with Crippen LogP contribution < -0.4 is 0 Å². The second-order valence-electron chi connectivity index (χ2n) is 5.72. The number of ether oxygens (including phenoxy) is 2. The van der Waals surface area contributed by atoms with Crippen molar-refractivity contribution in [3.63, 3.8) is 0 Å². The maximum atomic E-state index is 12.4. The number of nitrogens with zero attached hydrogens (tertiary/aromatic N) is 1. The zero-order valence-electron chi connectivity index (χ0n) is 10.6. The molecule has 3 rings (SSSR count). The predicted octanol–water partition coefficient (Wildman–Crippen LogP) is 0.905. The molecule has 1 saturated heterocycles. The third-order valence-electron chi connectivity index (χ3n) is 4.73. The standard InChI is InChI=1S/C13H21NO3/c1-16-11-6-14(7-12(11)17-2)13(15)10-4-8-3-9(8)5-10/h8-12H,3-7H2,1-2H3. The molecule has 4 nitrogen and oxygen atoms in total. The van der Waals surface area contributed by atoms with E-state index in [1.807, 2.05) is 4.90 Å². The largest absolute Gasteiger partial charge is 0.377 e. The summed E-state index contributed by atoms with van der Waals surface area (Å²) >= 11 is 0. The SMILES string of the molecule is COC1CN(C(=O)C2CC3CC3C2)CC1OC. The number of likely N-dealkylation sites (tertiary alicyclic amines) is 1. The minimum Gasteiger partial charge on any atom is -0.377 e. The van der Waals surface area contributed by atoms with E-state index in [4.69, 9.17) is 9.47 Å². The van der Waals surface area contributed by atoms with Crippen molar-refractivity contribution in [1.29, 1.82) is 0 Å². The molecule has 1 heterocycles. The van der Waals surface area contributed by atoms with Gasteiger partial charge in [-0.3, -0.25) is 4.79 Å². The molecule has 4 atom stereocenters. The first kappa shape index (κ1) is 11.5. The Morgan fingerprint density at radius 1 is 1.00 bits per heavy atom. The molecule has 0 spiro atoms. The molecule has 0 bridgehead atoms. The summed E-state index contributed by atoms with van der Waals surface area (Å²) in [5.41, 5.74) is 0. The average molecular weight is 239 g/mol. The van der Waals surface area contributed by atoms with E-state index >= 15 is 0 Å². The molecule has 0 aromatic rings. The van der Waals surface area contributed by atoms with Gasteiger partial charge in [-0.25, -0.2) is 0 Å². The molecule has 17 heavy (non-hydrogen) atoms. The molecule has 4 unspecified atom stereocenters. The highest BCUT2D eigenvalue weighted by Gasteiger charge is 2.49. The first-order valence-corrected chi connectivity index (χ1v) is 6.57. The molecular formula is C13H21NO3. The van der Waals surface area contributed by atoms with E-state index in [1.54, 1.807) is 14.2 Å². The minimum atomic E-state index is 0.0416. The zero-order chi connectivity index (χ0) is 12.0. The van der Waals surface area contributed by atoms with Crippen LogP contribution in [0.3, 0.4) is 0 Å². The molecule has 3 aliphatic rings. The lowest BCUT2D eigenvalue weighted by Gasteiger charge is -2.21. The van der Waals surface area contributed by atoms with Crippen LogP contribution in [0.2, 0.25) is 0 Å². The van der Waals surface area contributed by atoms with Crippen LogP contribution >= 0.6 is 0 Å². The highest BCUT2D eigenvalue weighted by Crippen LogP contribution is 2.54. The van der Waals surface area contributed by atoms with Gasteiger partial charge in [0, 0.05) is 33.2 Å². The van der Waals surface area contributed by atoms with Crippen LogP contribution in [0.15, 0.2) is 0 Å². The van der Waals surface area contributed by atoms with Gasteiger partial charge in [-0.2, -0.15) is 0 Å². The minimum absolute atomic E-state index is 0.0416. The van der Waals surface area contributed by atoms with Crippen molar-refractivity contribution in [3.05, 3.63) is 0 Å². The van der Waals surface area contributed by atoms with Crippen molar-refractivity contribution in [2.24, 2.45) is 17.8 Å². The van der Waals surface area contributed by atoms with Gasteiger partial charge in [-0.15, -0.1) is 0 Å². The van der Waals surface area contributed by atoms with Crippen molar-refractivity contribution in [3.8, 4) is 0 Å². The number of amides is 1. The van der Waals surface area contributed by atoms with Crippen molar-refractivity contribution >= 4 is 5.91 Å². The predicted molar refractivity (Wildman–Crippen MR) is 62.5 cm³/mol. The van der Waals surface area contributed by atoms with Crippen LogP contribution in [0.1, 0.15) is 19.3 Å². The van der Waals surface area contributed by atoms with Gasteiger partial charge in [0.05, 0.1) is 0 Å². The van der Waals surface area contributed by atoms with Gasteiger partial charge in [0.1, 0.15) is 12.2 Å². The summed E-state index contributed by atoms with van der Waals surface area (Å²) in [5, 5.41) is 0. The summed E-state index contributed by atoms with van der Waals surface area (Å²) in [6, 6.07) is 0. The van der Waals surface area contributed by atoms with Crippen LogP contribution in [0, 0.1) is 17.8 Å². The molecule has 0 N–H and O–H groups in total. The smallest absolute Gasteiger partial charge is 0.225 e. The molecular weight excluding hydrogens is 218 g/mol. The van der Waals surface area contributed by atoms with Crippen molar-refractivity contribution in [1.82, 2.24) is 4.90 Å². The van der Waals surface area contributed by atoms with Crippen molar-refractivity contribution < 1.29 is 14.3 Å². The Balaban J connectivity index is 1.59. The van der Waals surface area contributed by atoms with E-state index < -0.39 is 0 Å². The summed E-state index contributed by atoms with van der Waals surface area (Å²) in [4.78, 5) is 14.3. The summed E-state index contributed by atoms with van der Waals surface area (Å²) < 4.78 is 10.7. The number of hydrogen-bond donors (Lipinski definition) is 0. The molecule has 2 saturated carbocycles. The quantitative estimate of drug-likeness (QED) is 0.734. The van der Waals surface area contributed by atoms with E-state index in [1.165, 1.54) is 6.42 Å². The number of carbonyl (C=O) groups is 1. The summed E-state index contributed by atoms with van der Waals surface area (Å²) in [6.45, 7) is 1.39. The molecule has 1 amide bonds. The molecule has 96 valence electrons. The Hall–Kier alpha value is -0.610. The Morgan fingerprint density at radius 2 is 1.53 bits per heavy atom. The van der Waals surface area contributed by atoms with Crippen LogP contribution in [0.25, 0.3) is 0 Å². The molecule has 0 radical (unpaired) electrons. The average Bonchev–Trinajstić information content (AvgIpc) is 2.82. The van der Waals surface area contributed by atoms with Crippen LogP contribution in [-0.2, 0) is 14.3 Å².